The van der Waals surface area contributed by atoms with Gasteiger partial charge in [0, 0.05) is 19.0 Å². The van der Waals surface area contributed by atoms with E-state index in [1.807, 2.05) is 0 Å². The van der Waals surface area contributed by atoms with Crippen LogP contribution >= 0.6 is 0 Å². The fraction of sp³-hybridized carbons (Fsp3) is 0.190. The standard InChI is InChI=1S/C21H17FN2O4/c22-14-7-5-13(6-8-14)12-24-16(9-10-20(24)26)21(27)23-19-11-17(25)15-3-1-2-4-18(15)28-19/h1-8,11,16H,9-10,12H2,(H,23,27). The number of halogens is 1. The average molecular weight is 380 g/mol. The molecule has 0 radical (unpaired) electrons. The molecule has 1 aromatic heterocycles. The Morgan fingerprint density at radius 1 is 1.14 bits per heavy atom. The zero-order valence-electron chi connectivity index (χ0n) is 14.9. The summed E-state index contributed by atoms with van der Waals surface area (Å²) in [7, 11) is 0. The van der Waals surface area contributed by atoms with Crippen molar-refractivity contribution in [3.05, 3.63) is 76.2 Å². The van der Waals surface area contributed by atoms with E-state index < -0.39 is 11.9 Å². The van der Waals surface area contributed by atoms with Crippen molar-refractivity contribution in [3.8, 4) is 0 Å². The zero-order chi connectivity index (χ0) is 19.7. The van der Waals surface area contributed by atoms with Crippen molar-refractivity contribution in [2.24, 2.45) is 0 Å². The summed E-state index contributed by atoms with van der Waals surface area (Å²) in [5.41, 5.74) is 0.838. The number of benzene rings is 2. The van der Waals surface area contributed by atoms with Gasteiger partial charge in [-0.3, -0.25) is 19.7 Å². The second kappa shape index (κ2) is 7.26. The minimum atomic E-state index is -0.686. The molecule has 142 valence electrons. The number of anilines is 1. The van der Waals surface area contributed by atoms with Gasteiger partial charge in [-0.1, -0.05) is 24.3 Å². The Balaban J connectivity index is 1.54. The van der Waals surface area contributed by atoms with Gasteiger partial charge in [0.05, 0.1) is 5.39 Å². The maximum Gasteiger partial charge on any atom is 0.249 e. The SMILES string of the molecule is O=C(Nc1cc(=O)c2ccccc2o1)C1CCC(=O)N1Cc1ccc(F)cc1. The molecule has 0 saturated carbocycles. The number of nitrogens with zero attached hydrogens (tertiary/aromatic N) is 1. The Hall–Kier alpha value is -3.48. The van der Waals surface area contributed by atoms with Crippen LogP contribution in [0, 0.1) is 5.82 Å². The summed E-state index contributed by atoms with van der Waals surface area (Å²) < 4.78 is 18.7. The van der Waals surface area contributed by atoms with Crippen molar-refractivity contribution in [2.45, 2.75) is 25.4 Å². The minimum absolute atomic E-state index is 0.0368. The summed E-state index contributed by atoms with van der Waals surface area (Å²) >= 11 is 0. The predicted octanol–water partition coefficient (Wildman–Crippen LogP) is 3.06. The van der Waals surface area contributed by atoms with Crippen molar-refractivity contribution < 1.29 is 18.4 Å². The van der Waals surface area contributed by atoms with Gasteiger partial charge in [-0.2, -0.15) is 0 Å². The summed E-state index contributed by atoms with van der Waals surface area (Å²) in [6.07, 6.45) is 0.616. The summed E-state index contributed by atoms with van der Waals surface area (Å²) in [5, 5.41) is 3.03. The molecule has 1 atom stereocenters. The number of rotatable bonds is 4. The van der Waals surface area contributed by atoms with Gasteiger partial charge in [0.25, 0.3) is 0 Å². The smallest absolute Gasteiger partial charge is 0.249 e. The lowest BCUT2D eigenvalue weighted by Crippen LogP contribution is -2.41. The van der Waals surface area contributed by atoms with Crippen LogP contribution in [-0.2, 0) is 16.1 Å². The van der Waals surface area contributed by atoms with Crippen molar-refractivity contribution >= 4 is 28.7 Å². The molecule has 2 amide bonds. The van der Waals surface area contributed by atoms with Gasteiger partial charge < -0.3 is 9.32 Å². The lowest BCUT2D eigenvalue weighted by atomic mass is 10.1. The molecule has 0 spiro atoms. The summed E-state index contributed by atoms with van der Waals surface area (Å²) in [6, 6.07) is 13.1. The molecule has 0 aliphatic carbocycles. The Kier molecular flexibility index (Phi) is 4.65. The topological polar surface area (TPSA) is 79.6 Å². The number of hydrogen-bond acceptors (Lipinski definition) is 4. The van der Waals surface area contributed by atoms with Gasteiger partial charge in [-0.05, 0) is 36.2 Å². The van der Waals surface area contributed by atoms with E-state index in [-0.39, 0.29) is 36.0 Å². The first-order valence-electron chi connectivity index (χ1n) is 8.89. The van der Waals surface area contributed by atoms with Crippen LogP contribution < -0.4 is 10.7 Å². The Morgan fingerprint density at radius 2 is 1.89 bits per heavy atom. The molecule has 2 heterocycles. The molecule has 1 aliphatic rings. The van der Waals surface area contributed by atoms with Gasteiger partial charge in [0.2, 0.25) is 17.7 Å². The molecule has 1 N–H and O–H groups in total. The third kappa shape index (κ3) is 3.51. The molecule has 7 heteroatoms. The molecule has 1 saturated heterocycles. The van der Waals surface area contributed by atoms with E-state index in [0.717, 1.165) is 5.56 Å². The first kappa shape index (κ1) is 17.9. The number of fused-ring (bicyclic) bond motifs is 1. The number of nitrogens with one attached hydrogen (secondary N) is 1. The predicted molar refractivity (Wildman–Crippen MR) is 101 cm³/mol. The van der Waals surface area contributed by atoms with Crippen LogP contribution in [0.1, 0.15) is 18.4 Å². The Labute approximate surface area is 159 Å². The fourth-order valence-electron chi connectivity index (χ4n) is 3.36. The first-order chi connectivity index (χ1) is 13.5. The van der Waals surface area contributed by atoms with Crippen LogP contribution in [0.4, 0.5) is 10.3 Å². The number of amides is 2. The lowest BCUT2D eigenvalue weighted by molar-refractivity contribution is -0.133. The quantitative estimate of drug-likeness (QED) is 0.754. The van der Waals surface area contributed by atoms with E-state index in [2.05, 4.69) is 5.32 Å². The van der Waals surface area contributed by atoms with E-state index in [9.17, 15) is 18.8 Å². The van der Waals surface area contributed by atoms with Gasteiger partial charge in [0.1, 0.15) is 17.4 Å². The van der Waals surface area contributed by atoms with E-state index in [0.29, 0.717) is 17.4 Å². The molecular formula is C21H17FN2O4. The van der Waals surface area contributed by atoms with E-state index in [1.165, 1.54) is 23.1 Å². The van der Waals surface area contributed by atoms with Crippen molar-refractivity contribution in [1.82, 2.24) is 4.90 Å². The highest BCUT2D eigenvalue weighted by Crippen LogP contribution is 2.23. The first-order valence-corrected chi connectivity index (χ1v) is 8.89. The molecular weight excluding hydrogens is 363 g/mol. The number of likely N-dealkylation sites (tertiary alicyclic amines) is 1. The average Bonchev–Trinajstić information content (AvgIpc) is 3.04. The number of carbonyl (C=O) groups excluding carboxylic acids is 2. The highest BCUT2D eigenvalue weighted by molar-refractivity contribution is 5.98. The normalized spacial score (nSPS) is 16.5. The van der Waals surface area contributed by atoms with Crippen molar-refractivity contribution in [2.75, 3.05) is 5.32 Å². The minimum Gasteiger partial charge on any atom is -0.440 e. The van der Waals surface area contributed by atoms with E-state index >= 15 is 0 Å². The molecule has 6 nitrogen and oxygen atoms in total. The number of para-hydroxylation sites is 1. The Morgan fingerprint density at radius 3 is 2.68 bits per heavy atom. The van der Waals surface area contributed by atoms with Crippen LogP contribution in [0.25, 0.3) is 11.0 Å². The van der Waals surface area contributed by atoms with Gasteiger partial charge in [-0.15, -0.1) is 0 Å². The van der Waals surface area contributed by atoms with Crippen LogP contribution in [0.3, 0.4) is 0 Å². The number of carbonyl (C=O) groups is 2. The van der Waals surface area contributed by atoms with Crippen molar-refractivity contribution in [1.29, 1.82) is 0 Å². The molecule has 1 unspecified atom stereocenters. The maximum atomic E-state index is 13.1. The van der Waals surface area contributed by atoms with Crippen molar-refractivity contribution in [3.63, 3.8) is 0 Å². The highest BCUT2D eigenvalue weighted by Gasteiger charge is 2.36. The molecule has 4 rings (SSSR count). The second-order valence-electron chi connectivity index (χ2n) is 6.66. The van der Waals surface area contributed by atoms with Gasteiger partial charge >= 0.3 is 0 Å². The summed E-state index contributed by atoms with van der Waals surface area (Å²) in [6.45, 7) is 0.207. The second-order valence-corrected chi connectivity index (χ2v) is 6.66. The molecule has 1 aliphatic heterocycles. The molecule has 28 heavy (non-hydrogen) atoms. The highest BCUT2D eigenvalue weighted by atomic mass is 19.1. The van der Waals surface area contributed by atoms with Gasteiger partial charge in [-0.25, -0.2) is 4.39 Å². The van der Waals surface area contributed by atoms with E-state index in [1.54, 1.807) is 36.4 Å². The zero-order valence-corrected chi connectivity index (χ0v) is 14.9. The molecule has 2 aromatic carbocycles. The maximum absolute atomic E-state index is 13.1. The lowest BCUT2D eigenvalue weighted by Gasteiger charge is -2.24. The largest absolute Gasteiger partial charge is 0.440 e. The van der Waals surface area contributed by atoms with Crippen LogP contribution in [0.15, 0.2) is 63.8 Å². The number of hydrogen-bond donors (Lipinski definition) is 1. The van der Waals surface area contributed by atoms with Crippen LogP contribution in [-0.4, -0.2) is 22.8 Å². The van der Waals surface area contributed by atoms with Crippen LogP contribution in [0.2, 0.25) is 0 Å². The van der Waals surface area contributed by atoms with E-state index in [4.69, 9.17) is 4.42 Å². The molecule has 1 fully saturated rings. The fourth-order valence-corrected chi connectivity index (χ4v) is 3.36. The monoisotopic (exact) mass is 380 g/mol. The molecule has 3 aromatic rings. The summed E-state index contributed by atoms with van der Waals surface area (Å²) in [5.74, 6) is -0.900. The third-order valence-electron chi connectivity index (χ3n) is 4.78. The Bertz CT molecular complexity index is 1110. The van der Waals surface area contributed by atoms with Gasteiger partial charge in [0.15, 0.2) is 5.43 Å². The van der Waals surface area contributed by atoms with Crippen LogP contribution in [0.5, 0.6) is 0 Å². The third-order valence-corrected chi connectivity index (χ3v) is 4.78. The molecule has 0 bridgehead atoms. The summed E-state index contributed by atoms with van der Waals surface area (Å²) in [4.78, 5) is 38.6.